The molecule has 2 heterocycles. The van der Waals surface area contributed by atoms with Gasteiger partial charge in [0.15, 0.2) is 6.29 Å². The molecular formula is C14H26O10. The molecule has 0 radical (unpaired) electrons. The van der Waals surface area contributed by atoms with Crippen LogP contribution in [-0.4, -0.2) is 112 Å². The van der Waals surface area contributed by atoms with E-state index >= 15 is 0 Å². The van der Waals surface area contributed by atoms with E-state index in [-0.39, 0.29) is 0 Å². The highest BCUT2D eigenvalue weighted by molar-refractivity contribution is 4.95. The summed E-state index contributed by atoms with van der Waals surface area (Å²) in [6, 6.07) is 0. The smallest absolute Gasteiger partial charge is 0.187 e. The fourth-order valence-corrected chi connectivity index (χ4v) is 2.99. The van der Waals surface area contributed by atoms with E-state index in [0.29, 0.717) is 0 Å². The molecule has 0 spiro atoms. The lowest BCUT2D eigenvalue weighted by atomic mass is 9.95. The quantitative estimate of drug-likeness (QED) is 0.281. The zero-order valence-corrected chi connectivity index (χ0v) is 13.5. The Morgan fingerprint density at radius 3 is 2.17 bits per heavy atom. The molecular weight excluding hydrogens is 328 g/mol. The summed E-state index contributed by atoms with van der Waals surface area (Å²) in [5.74, 6) is 0. The second-order valence-corrected chi connectivity index (χ2v) is 6.05. The van der Waals surface area contributed by atoms with Crippen LogP contribution in [0.5, 0.6) is 0 Å². The summed E-state index contributed by atoms with van der Waals surface area (Å²) in [6.07, 6.45) is -11.6. The van der Waals surface area contributed by atoms with Crippen LogP contribution in [0.2, 0.25) is 0 Å². The summed E-state index contributed by atoms with van der Waals surface area (Å²) < 4.78 is 21.1. The van der Waals surface area contributed by atoms with Gasteiger partial charge in [0.25, 0.3) is 0 Å². The molecule has 2 saturated heterocycles. The Labute approximate surface area is 139 Å². The summed E-state index contributed by atoms with van der Waals surface area (Å²) in [4.78, 5) is 0. The van der Waals surface area contributed by atoms with Gasteiger partial charge in [-0.3, -0.25) is 0 Å². The molecule has 142 valence electrons. The largest absolute Gasteiger partial charge is 0.394 e. The molecule has 0 aliphatic carbocycles. The zero-order valence-electron chi connectivity index (χ0n) is 13.5. The van der Waals surface area contributed by atoms with Crippen LogP contribution in [0.25, 0.3) is 0 Å². The van der Waals surface area contributed by atoms with Gasteiger partial charge >= 0.3 is 0 Å². The number of hydrogen-bond donors (Lipinski definition) is 6. The van der Waals surface area contributed by atoms with Crippen molar-refractivity contribution < 1.29 is 49.6 Å². The molecule has 0 saturated carbocycles. The first-order valence-electron chi connectivity index (χ1n) is 7.78. The third-order valence-corrected chi connectivity index (χ3v) is 4.50. The molecule has 0 aromatic heterocycles. The van der Waals surface area contributed by atoms with Crippen LogP contribution in [0.15, 0.2) is 0 Å². The van der Waals surface area contributed by atoms with Gasteiger partial charge in [-0.05, 0) is 6.92 Å². The van der Waals surface area contributed by atoms with Crippen LogP contribution in [0.3, 0.4) is 0 Å². The monoisotopic (exact) mass is 354 g/mol. The molecule has 2 aliphatic rings. The van der Waals surface area contributed by atoms with Gasteiger partial charge in [0, 0.05) is 7.11 Å². The Bertz CT molecular complexity index is 392. The third kappa shape index (κ3) is 3.73. The number of aliphatic hydroxyl groups excluding tert-OH is 6. The van der Waals surface area contributed by atoms with Crippen molar-refractivity contribution in [2.75, 3.05) is 20.3 Å². The van der Waals surface area contributed by atoms with E-state index in [1.54, 1.807) is 6.92 Å². The zero-order chi connectivity index (χ0) is 18.0. The van der Waals surface area contributed by atoms with Gasteiger partial charge in [-0.1, -0.05) is 0 Å². The second kappa shape index (κ2) is 8.32. The summed E-state index contributed by atoms with van der Waals surface area (Å²) in [5.41, 5.74) is 0. The molecule has 0 aromatic carbocycles. The van der Waals surface area contributed by atoms with Crippen LogP contribution < -0.4 is 0 Å². The van der Waals surface area contributed by atoms with Crippen LogP contribution in [0, 0.1) is 0 Å². The van der Waals surface area contributed by atoms with Gasteiger partial charge in [0.1, 0.15) is 48.8 Å². The maximum Gasteiger partial charge on any atom is 0.187 e. The third-order valence-electron chi connectivity index (χ3n) is 4.50. The fourth-order valence-electron chi connectivity index (χ4n) is 2.99. The molecule has 0 bridgehead atoms. The van der Waals surface area contributed by atoms with Gasteiger partial charge in [0.2, 0.25) is 0 Å². The van der Waals surface area contributed by atoms with E-state index in [0.717, 1.165) is 0 Å². The Balaban J connectivity index is 2.08. The molecule has 3 unspecified atom stereocenters. The van der Waals surface area contributed by atoms with Crippen molar-refractivity contribution in [3.63, 3.8) is 0 Å². The number of methoxy groups -OCH3 is 1. The topological polar surface area (TPSA) is 158 Å². The highest BCUT2D eigenvalue weighted by Crippen LogP contribution is 2.30. The molecule has 10 heteroatoms. The second-order valence-electron chi connectivity index (χ2n) is 6.05. The van der Waals surface area contributed by atoms with Crippen molar-refractivity contribution in [1.82, 2.24) is 0 Å². The van der Waals surface area contributed by atoms with Gasteiger partial charge < -0.3 is 49.6 Å². The van der Waals surface area contributed by atoms with Crippen LogP contribution in [0.4, 0.5) is 0 Å². The SMILES string of the molecule is CO[C@H](CO)[C@@H]1O[C@@H](O[C@@H]2C(O)[C@@H](C)OC(CO)[C@@H]2O)C(O)[C@@H]1O. The molecule has 10 nitrogen and oxygen atoms in total. The lowest BCUT2D eigenvalue weighted by molar-refractivity contribution is -0.287. The summed E-state index contributed by atoms with van der Waals surface area (Å²) in [7, 11) is 1.32. The standard InChI is InChI=1S/C14H26O10/c1-5-8(17)13(9(18)6(3-15)22-5)24-14-11(20)10(19)12(23-14)7(4-16)21-2/h5-20H,3-4H2,1-2H3/t5-,6?,7-,8?,9+,10+,11?,12+,13-,14+/m1/s1. The fraction of sp³-hybridized carbons (Fsp3) is 1.00. The van der Waals surface area contributed by atoms with Crippen LogP contribution in [0.1, 0.15) is 6.92 Å². The van der Waals surface area contributed by atoms with E-state index in [9.17, 15) is 30.6 Å². The highest BCUT2D eigenvalue weighted by atomic mass is 16.7. The van der Waals surface area contributed by atoms with Crippen molar-refractivity contribution in [1.29, 1.82) is 0 Å². The maximum absolute atomic E-state index is 10.2. The number of ether oxygens (including phenoxy) is 4. The molecule has 24 heavy (non-hydrogen) atoms. The van der Waals surface area contributed by atoms with Crippen LogP contribution in [-0.2, 0) is 18.9 Å². The lowest BCUT2D eigenvalue weighted by Gasteiger charge is -2.42. The van der Waals surface area contributed by atoms with E-state index < -0.39 is 74.4 Å². The Kier molecular flexibility index (Phi) is 6.90. The van der Waals surface area contributed by atoms with E-state index in [4.69, 9.17) is 18.9 Å². The summed E-state index contributed by atoms with van der Waals surface area (Å²) in [6.45, 7) is 0.628. The molecule has 2 aliphatic heterocycles. The predicted molar refractivity (Wildman–Crippen MR) is 76.9 cm³/mol. The van der Waals surface area contributed by atoms with E-state index in [1.165, 1.54) is 7.11 Å². The van der Waals surface area contributed by atoms with Crippen molar-refractivity contribution in [3.8, 4) is 0 Å². The average molecular weight is 354 g/mol. The summed E-state index contributed by atoms with van der Waals surface area (Å²) >= 11 is 0. The Hall–Kier alpha value is -0.400. The maximum atomic E-state index is 10.2. The van der Waals surface area contributed by atoms with Crippen LogP contribution >= 0.6 is 0 Å². The van der Waals surface area contributed by atoms with Crippen molar-refractivity contribution in [2.24, 2.45) is 0 Å². The van der Waals surface area contributed by atoms with Crippen molar-refractivity contribution in [3.05, 3.63) is 0 Å². The molecule has 6 N–H and O–H groups in total. The first-order valence-corrected chi connectivity index (χ1v) is 7.78. The number of aliphatic hydroxyl groups is 6. The molecule has 2 rings (SSSR count). The van der Waals surface area contributed by atoms with Gasteiger partial charge in [-0.25, -0.2) is 0 Å². The minimum atomic E-state index is -1.47. The average Bonchev–Trinajstić information content (AvgIpc) is 2.84. The number of hydrogen-bond acceptors (Lipinski definition) is 10. The van der Waals surface area contributed by atoms with E-state index in [2.05, 4.69) is 0 Å². The van der Waals surface area contributed by atoms with E-state index in [1.807, 2.05) is 0 Å². The highest BCUT2D eigenvalue weighted by Gasteiger charge is 2.51. The first kappa shape index (κ1) is 19.9. The van der Waals surface area contributed by atoms with Gasteiger partial charge in [-0.2, -0.15) is 0 Å². The Morgan fingerprint density at radius 1 is 0.958 bits per heavy atom. The molecule has 0 aromatic rings. The first-order chi connectivity index (χ1) is 11.3. The molecule has 2 fully saturated rings. The van der Waals surface area contributed by atoms with Gasteiger partial charge in [-0.15, -0.1) is 0 Å². The lowest BCUT2D eigenvalue weighted by Crippen LogP contribution is -2.60. The number of rotatable bonds is 6. The predicted octanol–water partition coefficient (Wildman–Crippen LogP) is -3.67. The summed E-state index contributed by atoms with van der Waals surface area (Å²) in [5, 5.41) is 58.9. The van der Waals surface area contributed by atoms with Crippen molar-refractivity contribution in [2.45, 2.75) is 68.1 Å². The normalized spacial score (nSPS) is 47.8. The molecule has 10 atom stereocenters. The van der Waals surface area contributed by atoms with Crippen molar-refractivity contribution >= 4 is 0 Å². The Morgan fingerprint density at radius 2 is 1.62 bits per heavy atom. The molecule has 0 amide bonds. The minimum absolute atomic E-state index is 0.441. The minimum Gasteiger partial charge on any atom is -0.394 e. The van der Waals surface area contributed by atoms with Gasteiger partial charge in [0.05, 0.1) is 19.3 Å².